The van der Waals surface area contributed by atoms with E-state index in [2.05, 4.69) is 42.7 Å². The van der Waals surface area contributed by atoms with E-state index in [0.29, 0.717) is 0 Å². The Morgan fingerprint density at radius 1 is 1.12 bits per heavy atom. The fourth-order valence-electron chi connectivity index (χ4n) is 3.76. The van der Waals surface area contributed by atoms with E-state index in [1.165, 1.54) is 30.6 Å². The van der Waals surface area contributed by atoms with Crippen molar-refractivity contribution in [3.05, 3.63) is 60.4 Å². The molecule has 0 atom stereocenters. The molecule has 0 aliphatic carbocycles. The van der Waals surface area contributed by atoms with Gasteiger partial charge < -0.3 is 4.90 Å². The Bertz CT molecular complexity index is 889. The highest BCUT2D eigenvalue weighted by atomic mass is 15.3. The molecule has 1 aliphatic rings. The standard InChI is InChI=1S/C21H24N4/c1-3-10-18-16(2)23-20-19(17-11-6-4-7-12-17)15-22-25(20)21(18)24-13-8-5-9-14-24/h3-4,6-7,11-12,15H,1,5,8-10,13-14H2,2H3. The van der Waals surface area contributed by atoms with Crippen LogP contribution in [0.3, 0.4) is 0 Å². The van der Waals surface area contributed by atoms with Gasteiger partial charge in [0.15, 0.2) is 5.65 Å². The lowest BCUT2D eigenvalue weighted by atomic mass is 10.1. The quantitative estimate of drug-likeness (QED) is 0.663. The average molecular weight is 332 g/mol. The summed E-state index contributed by atoms with van der Waals surface area (Å²) in [7, 11) is 0. The fraction of sp³-hybridized carbons (Fsp3) is 0.333. The van der Waals surface area contributed by atoms with Crippen LogP contribution in [0.25, 0.3) is 16.8 Å². The smallest absolute Gasteiger partial charge is 0.165 e. The number of aromatic nitrogens is 3. The SMILES string of the molecule is C=CCc1c(C)nc2c(-c3ccccc3)cnn2c1N1CCCCC1. The van der Waals surface area contributed by atoms with Gasteiger partial charge in [0.05, 0.1) is 6.20 Å². The molecule has 25 heavy (non-hydrogen) atoms. The van der Waals surface area contributed by atoms with Crippen molar-refractivity contribution in [1.82, 2.24) is 14.6 Å². The number of aryl methyl sites for hydroxylation is 1. The maximum absolute atomic E-state index is 4.91. The Morgan fingerprint density at radius 3 is 2.60 bits per heavy atom. The minimum Gasteiger partial charge on any atom is -0.356 e. The van der Waals surface area contributed by atoms with Crippen LogP contribution in [0.4, 0.5) is 5.82 Å². The number of hydrogen-bond donors (Lipinski definition) is 0. The first-order valence-electron chi connectivity index (χ1n) is 9.08. The van der Waals surface area contributed by atoms with Crippen molar-refractivity contribution in [1.29, 1.82) is 0 Å². The van der Waals surface area contributed by atoms with E-state index in [1.54, 1.807) is 0 Å². The van der Waals surface area contributed by atoms with E-state index < -0.39 is 0 Å². The molecule has 4 heteroatoms. The molecule has 0 bridgehead atoms. The van der Waals surface area contributed by atoms with Crippen molar-refractivity contribution in [3.8, 4) is 11.1 Å². The molecule has 1 fully saturated rings. The minimum atomic E-state index is 0.821. The summed E-state index contributed by atoms with van der Waals surface area (Å²) >= 11 is 0. The number of benzene rings is 1. The zero-order valence-electron chi connectivity index (χ0n) is 14.8. The number of anilines is 1. The Kier molecular flexibility index (Phi) is 4.26. The van der Waals surface area contributed by atoms with E-state index in [9.17, 15) is 0 Å². The largest absolute Gasteiger partial charge is 0.356 e. The monoisotopic (exact) mass is 332 g/mol. The second-order valence-corrected chi connectivity index (χ2v) is 6.70. The van der Waals surface area contributed by atoms with E-state index >= 15 is 0 Å². The Balaban J connectivity index is 1.94. The van der Waals surface area contributed by atoms with Gasteiger partial charge in [-0.05, 0) is 38.2 Å². The number of rotatable bonds is 4. The second kappa shape index (κ2) is 6.71. The van der Waals surface area contributed by atoms with Crippen molar-refractivity contribution < 1.29 is 0 Å². The van der Waals surface area contributed by atoms with Gasteiger partial charge in [-0.1, -0.05) is 36.4 Å². The molecule has 4 rings (SSSR count). The van der Waals surface area contributed by atoms with Gasteiger partial charge in [0.2, 0.25) is 0 Å². The lowest BCUT2D eigenvalue weighted by Gasteiger charge is -2.31. The van der Waals surface area contributed by atoms with Gasteiger partial charge in [0.1, 0.15) is 5.82 Å². The number of piperidine rings is 1. The van der Waals surface area contributed by atoms with Gasteiger partial charge in [-0.3, -0.25) is 0 Å². The molecule has 1 aromatic carbocycles. The minimum absolute atomic E-state index is 0.821. The summed E-state index contributed by atoms with van der Waals surface area (Å²) in [5, 5.41) is 4.73. The van der Waals surface area contributed by atoms with Gasteiger partial charge in [-0.25, -0.2) is 4.98 Å². The maximum Gasteiger partial charge on any atom is 0.165 e. The molecule has 0 radical (unpaired) electrons. The molecule has 0 amide bonds. The number of allylic oxidation sites excluding steroid dienone is 1. The first-order valence-corrected chi connectivity index (χ1v) is 9.08. The van der Waals surface area contributed by atoms with Gasteiger partial charge in [-0.15, -0.1) is 6.58 Å². The zero-order chi connectivity index (χ0) is 17.2. The molecule has 3 heterocycles. The molecule has 2 aromatic heterocycles. The third-order valence-electron chi connectivity index (χ3n) is 5.01. The Hall–Kier alpha value is -2.62. The topological polar surface area (TPSA) is 33.4 Å². The van der Waals surface area contributed by atoms with Gasteiger partial charge in [0, 0.05) is 29.9 Å². The third-order valence-corrected chi connectivity index (χ3v) is 5.01. The van der Waals surface area contributed by atoms with E-state index in [1.807, 2.05) is 22.9 Å². The lowest BCUT2D eigenvalue weighted by molar-refractivity contribution is 0.566. The normalized spacial score (nSPS) is 14.8. The summed E-state index contributed by atoms with van der Waals surface area (Å²) in [6.45, 7) is 8.22. The summed E-state index contributed by atoms with van der Waals surface area (Å²) < 4.78 is 2.04. The lowest BCUT2D eigenvalue weighted by Crippen LogP contribution is -2.32. The average Bonchev–Trinajstić information content (AvgIpc) is 3.07. The summed E-state index contributed by atoms with van der Waals surface area (Å²) in [6.07, 6.45) is 8.52. The molecular formula is C21H24N4. The van der Waals surface area contributed by atoms with Crippen molar-refractivity contribution in [2.75, 3.05) is 18.0 Å². The van der Waals surface area contributed by atoms with Crippen LogP contribution in [-0.4, -0.2) is 27.7 Å². The summed E-state index contributed by atoms with van der Waals surface area (Å²) in [5.74, 6) is 1.20. The van der Waals surface area contributed by atoms with Crippen molar-refractivity contribution >= 4 is 11.5 Å². The molecule has 1 saturated heterocycles. The molecule has 0 unspecified atom stereocenters. The number of fused-ring (bicyclic) bond motifs is 1. The number of nitrogens with zero attached hydrogens (tertiary/aromatic N) is 4. The van der Waals surface area contributed by atoms with Crippen LogP contribution < -0.4 is 4.90 Å². The molecule has 4 nitrogen and oxygen atoms in total. The number of hydrogen-bond acceptors (Lipinski definition) is 3. The van der Waals surface area contributed by atoms with Crippen molar-refractivity contribution in [3.63, 3.8) is 0 Å². The highest BCUT2D eigenvalue weighted by Gasteiger charge is 2.22. The Morgan fingerprint density at radius 2 is 1.88 bits per heavy atom. The van der Waals surface area contributed by atoms with Crippen LogP contribution in [-0.2, 0) is 6.42 Å². The highest BCUT2D eigenvalue weighted by molar-refractivity contribution is 5.79. The molecule has 0 saturated carbocycles. The first kappa shape index (κ1) is 15.9. The van der Waals surface area contributed by atoms with Crippen LogP contribution >= 0.6 is 0 Å². The summed E-state index contributed by atoms with van der Waals surface area (Å²) in [6, 6.07) is 10.4. The molecule has 0 spiro atoms. The predicted molar refractivity (Wildman–Crippen MR) is 103 cm³/mol. The first-order chi connectivity index (χ1) is 12.3. The molecule has 1 aliphatic heterocycles. The fourth-order valence-corrected chi connectivity index (χ4v) is 3.76. The van der Waals surface area contributed by atoms with Gasteiger partial charge in [-0.2, -0.15) is 9.61 Å². The molecule has 3 aromatic rings. The van der Waals surface area contributed by atoms with Crippen molar-refractivity contribution in [2.45, 2.75) is 32.6 Å². The van der Waals surface area contributed by atoms with E-state index in [4.69, 9.17) is 10.1 Å². The van der Waals surface area contributed by atoms with E-state index in [-0.39, 0.29) is 0 Å². The van der Waals surface area contributed by atoms with Crippen LogP contribution in [0.15, 0.2) is 49.2 Å². The third kappa shape index (κ3) is 2.82. The Labute approximate surface area is 148 Å². The molecule has 0 N–H and O–H groups in total. The van der Waals surface area contributed by atoms with Crippen LogP contribution in [0, 0.1) is 6.92 Å². The molecule has 128 valence electrons. The van der Waals surface area contributed by atoms with Crippen molar-refractivity contribution in [2.24, 2.45) is 0 Å². The zero-order valence-corrected chi connectivity index (χ0v) is 14.8. The van der Waals surface area contributed by atoms with Crippen LogP contribution in [0.2, 0.25) is 0 Å². The van der Waals surface area contributed by atoms with Crippen LogP contribution in [0.5, 0.6) is 0 Å². The van der Waals surface area contributed by atoms with Crippen LogP contribution in [0.1, 0.15) is 30.5 Å². The second-order valence-electron chi connectivity index (χ2n) is 6.70. The summed E-state index contributed by atoms with van der Waals surface area (Å²) in [5.41, 5.74) is 5.51. The van der Waals surface area contributed by atoms with E-state index in [0.717, 1.165) is 42.0 Å². The predicted octanol–water partition coefficient (Wildman–Crippen LogP) is 4.42. The van der Waals surface area contributed by atoms with Gasteiger partial charge in [0.25, 0.3) is 0 Å². The maximum atomic E-state index is 4.91. The summed E-state index contributed by atoms with van der Waals surface area (Å²) in [4.78, 5) is 7.39. The van der Waals surface area contributed by atoms with Gasteiger partial charge >= 0.3 is 0 Å². The molecular weight excluding hydrogens is 308 g/mol. The highest BCUT2D eigenvalue weighted by Crippen LogP contribution is 2.31.